The Hall–Kier alpha value is -0.980. The van der Waals surface area contributed by atoms with Gasteiger partial charge >= 0.3 is 0 Å². The number of hydrogen-bond donors (Lipinski definition) is 0. The van der Waals surface area contributed by atoms with Crippen LogP contribution in [0, 0.1) is 23.7 Å². The van der Waals surface area contributed by atoms with Crippen LogP contribution in [0.25, 0.3) is 0 Å². The summed E-state index contributed by atoms with van der Waals surface area (Å²) in [6.45, 7) is 4.63. The molecule has 2 saturated carbocycles. The van der Waals surface area contributed by atoms with E-state index in [9.17, 15) is 0 Å². The Balaban J connectivity index is 1.45. The number of benzene rings is 1. The first kappa shape index (κ1) is 18.8. The lowest BCUT2D eigenvalue weighted by Gasteiger charge is -2.39. The first-order valence-electron chi connectivity index (χ1n) is 11.0. The largest absolute Gasteiger partial charge is 0.490 e. The second-order valence-electron chi connectivity index (χ2n) is 8.62. The van der Waals surface area contributed by atoms with Gasteiger partial charge in [0.25, 0.3) is 0 Å². The van der Waals surface area contributed by atoms with Gasteiger partial charge in [0.1, 0.15) is 11.9 Å². The lowest BCUT2D eigenvalue weighted by molar-refractivity contribution is 0.0703. The van der Waals surface area contributed by atoms with Crippen LogP contribution in [0.3, 0.4) is 0 Å². The second-order valence-corrected chi connectivity index (χ2v) is 8.62. The Bertz CT molecular complexity index is 466. The van der Waals surface area contributed by atoms with Gasteiger partial charge in [0.2, 0.25) is 0 Å². The first-order valence-corrected chi connectivity index (χ1v) is 11.0. The van der Waals surface area contributed by atoms with Gasteiger partial charge in [-0.15, -0.1) is 0 Å². The van der Waals surface area contributed by atoms with Crippen LogP contribution in [-0.4, -0.2) is 6.10 Å². The number of para-hydroxylation sites is 1. The van der Waals surface area contributed by atoms with Gasteiger partial charge in [0.15, 0.2) is 0 Å². The van der Waals surface area contributed by atoms with E-state index in [-0.39, 0.29) is 0 Å². The first-order chi connectivity index (χ1) is 12.3. The summed E-state index contributed by atoms with van der Waals surface area (Å²) in [6, 6.07) is 10.4. The Labute approximate surface area is 155 Å². The Morgan fingerprint density at radius 2 is 1.44 bits per heavy atom. The highest BCUT2D eigenvalue weighted by Gasteiger charge is 2.33. The van der Waals surface area contributed by atoms with Crippen molar-refractivity contribution in [1.29, 1.82) is 0 Å². The molecule has 2 aliphatic carbocycles. The van der Waals surface area contributed by atoms with Crippen LogP contribution in [0.15, 0.2) is 30.3 Å². The van der Waals surface area contributed by atoms with Gasteiger partial charge in [0.05, 0.1) is 0 Å². The van der Waals surface area contributed by atoms with E-state index >= 15 is 0 Å². The summed E-state index contributed by atoms with van der Waals surface area (Å²) in [5.41, 5.74) is 0. The quantitative estimate of drug-likeness (QED) is 0.507. The van der Waals surface area contributed by atoms with Gasteiger partial charge in [-0.1, -0.05) is 57.7 Å². The van der Waals surface area contributed by atoms with E-state index in [1.165, 1.54) is 64.2 Å². The Kier molecular flexibility index (Phi) is 7.25. The molecular weight excluding hydrogens is 304 g/mol. The minimum Gasteiger partial charge on any atom is -0.490 e. The van der Waals surface area contributed by atoms with Crippen LogP contribution >= 0.6 is 0 Å². The van der Waals surface area contributed by atoms with Crippen molar-refractivity contribution < 1.29 is 4.74 Å². The molecule has 0 amide bonds. The monoisotopic (exact) mass is 342 g/mol. The van der Waals surface area contributed by atoms with E-state index in [0.717, 1.165) is 35.8 Å². The van der Waals surface area contributed by atoms with Crippen molar-refractivity contribution in [3.63, 3.8) is 0 Å². The van der Waals surface area contributed by atoms with Crippen molar-refractivity contribution in [1.82, 2.24) is 0 Å². The van der Waals surface area contributed by atoms with Crippen LogP contribution in [0.1, 0.15) is 84.5 Å². The van der Waals surface area contributed by atoms with Gasteiger partial charge in [-0.3, -0.25) is 0 Å². The summed E-state index contributed by atoms with van der Waals surface area (Å²) >= 11 is 0. The predicted octanol–water partition coefficient (Wildman–Crippen LogP) is 7.26. The normalized spacial score (nSPS) is 31.4. The fourth-order valence-electron chi connectivity index (χ4n) is 5.53. The molecule has 0 heterocycles. The van der Waals surface area contributed by atoms with Crippen LogP contribution in [0.5, 0.6) is 5.75 Å². The Morgan fingerprint density at radius 1 is 0.840 bits per heavy atom. The van der Waals surface area contributed by atoms with E-state index in [1.807, 2.05) is 0 Å². The van der Waals surface area contributed by atoms with Crippen molar-refractivity contribution in [2.24, 2.45) is 23.7 Å². The molecule has 2 fully saturated rings. The average Bonchev–Trinajstić information content (AvgIpc) is 2.68. The lowest BCUT2D eigenvalue weighted by atomic mass is 9.68. The van der Waals surface area contributed by atoms with Crippen LogP contribution in [0.2, 0.25) is 0 Å². The van der Waals surface area contributed by atoms with Crippen molar-refractivity contribution in [3.05, 3.63) is 30.3 Å². The van der Waals surface area contributed by atoms with Gasteiger partial charge < -0.3 is 4.74 Å². The third kappa shape index (κ3) is 5.25. The molecule has 0 spiro atoms. The number of ether oxygens (including phenoxy) is 1. The third-order valence-electron chi connectivity index (χ3n) is 7.03. The zero-order valence-electron chi connectivity index (χ0n) is 16.5. The molecule has 1 heteroatoms. The van der Waals surface area contributed by atoms with Crippen LogP contribution in [0.4, 0.5) is 0 Å². The molecule has 1 aromatic rings. The summed E-state index contributed by atoms with van der Waals surface area (Å²) in [5.74, 6) is 4.89. The van der Waals surface area contributed by atoms with E-state index < -0.39 is 0 Å². The van der Waals surface area contributed by atoms with E-state index in [4.69, 9.17) is 4.74 Å². The smallest absolute Gasteiger partial charge is 0.119 e. The molecule has 0 radical (unpaired) electrons. The summed E-state index contributed by atoms with van der Waals surface area (Å²) < 4.78 is 6.32. The molecule has 25 heavy (non-hydrogen) atoms. The SMILES string of the molecule is CCCC1CCC(C2CCC(C(CC)Oc3ccccc3)CC2)CC1. The molecule has 3 rings (SSSR count). The molecule has 1 atom stereocenters. The van der Waals surface area contributed by atoms with Gasteiger partial charge in [-0.25, -0.2) is 0 Å². The topological polar surface area (TPSA) is 9.23 Å². The lowest BCUT2D eigenvalue weighted by Crippen LogP contribution is -2.32. The molecule has 0 aromatic heterocycles. The fraction of sp³-hybridized carbons (Fsp3) is 0.750. The zero-order chi connectivity index (χ0) is 17.5. The Morgan fingerprint density at radius 3 is 2.00 bits per heavy atom. The van der Waals surface area contributed by atoms with Gasteiger partial charge in [-0.05, 0) is 80.8 Å². The molecule has 2 aliphatic rings. The fourth-order valence-corrected chi connectivity index (χ4v) is 5.53. The van der Waals surface area contributed by atoms with Gasteiger partial charge in [0, 0.05) is 0 Å². The molecule has 0 bridgehead atoms. The van der Waals surface area contributed by atoms with Crippen molar-refractivity contribution in [2.45, 2.75) is 90.6 Å². The molecule has 140 valence electrons. The van der Waals surface area contributed by atoms with Gasteiger partial charge in [-0.2, -0.15) is 0 Å². The van der Waals surface area contributed by atoms with Crippen LogP contribution in [-0.2, 0) is 0 Å². The molecular formula is C24H38O. The standard InChI is InChI=1S/C24H38O/c1-3-8-19-11-13-20(14-12-19)21-15-17-22(18-16-21)24(4-2)25-23-9-6-5-7-10-23/h5-7,9-10,19-22,24H,3-4,8,11-18H2,1-2H3. The molecule has 0 aliphatic heterocycles. The predicted molar refractivity (Wildman–Crippen MR) is 107 cm³/mol. The van der Waals surface area contributed by atoms with E-state index in [0.29, 0.717) is 6.10 Å². The highest BCUT2D eigenvalue weighted by molar-refractivity contribution is 5.21. The minimum atomic E-state index is 0.406. The number of rotatable bonds is 7. The van der Waals surface area contributed by atoms with Crippen molar-refractivity contribution >= 4 is 0 Å². The third-order valence-corrected chi connectivity index (χ3v) is 7.03. The van der Waals surface area contributed by atoms with Crippen molar-refractivity contribution in [3.8, 4) is 5.75 Å². The summed E-state index contributed by atoms with van der Waals surface area (Å²) in [6.07, 6.45) is 16.1. The highest BCUT2D eigenvalue weighted by atomic mass is 16.5. The summed E-state index contributed by atoms with van der Waals surface area (Å²) in [7, 11) is 0. The van der Waals surface area contributed by atoms with Crippen LogP contribution < -0.4 is 4.74 Å². The molecule has 1 aromatic carbocycles. The number of hydrogen-bond acceptors (Lipinski definition) is 1. The maximum atomic E-state index is 6.32. The minimum absolute atomic E-state index is 0.406. The van der Waals surface area contributed by atoms with E-state index in [2.05, 4.69) is 44.2 Å². The van der Waals surface area contributed by atoms with E-state index in [1.54, 1.807) is 0 Å². The molecule has 0 N–H and O–H groups in total. The summed E-state index contributed by atoms with van der Waals surface area (Å²) in [5, 5.41) is 0. The maximum Gasteiger partial charge on any atom is 0.119 e. The molecule has 1 unspecified atom stereocenters. The average molecular weight is 343 g/mol. The molecule has 0 saturated heterocycles. The summed E-state index contributed by atoms with van der Waals surface area (Å²) in [4.78, 5) is 0. The second kappa shape index (κ2) is 9.64. The van der Waals surface area contributed by atoms with Crippen molar-refractivity contribution in [2.75, 3.05) is 0 Å². The molecule has 1 nitrogen and oxygen atoms in total. The maximum absolute atomic E-state index is 6.32. The zero-order valence-corrected chi connectivity index (χ0v) is 16.5. The highest BCUT2D eigenvalue weighted by Crippen LogP contribution is 2.43.